The van der Waals surface area contributed by atoms with Gasteiger partial charge < -0.3 is 15.5 Å². The van der Waals surface area contributed by atoms with E-state index in [0.717, 1.165) is 51.0 Å². The molecule has 0 radical (unpaired) electrons. The molecule has 2 heterocycles. The predicted molar refractivity (Wildman–Crippen MR) is 97.1 cm³/mol. The minimum Gasteiger partial charge on any atom is -0.384 e. The Hall–Kier alpha value is -2.07. The maximum absolute atomic E-state index is 13.6. The normalized spacial score (nSPS) is 17.4. The summed E-state index contributed by atoms with van der Waals surface area (Å²) in [6.45, 7) is 3.89. The van der Waals surface area contributed by atoms with Gasteiger partial charge in [-0.1, -0.05) is 12.1 Å². The van der Waals surface area contributed by atoms with Gasteiger partial charge in [-0.2, -0.15) is 0 Å². The summed E-state index contributed by atoms with van der Waals surface area (Å²) in [6.07, 6.45) is 3.35. The average Bonchev–Trinajstić information content (AvgIpc) is 3.08. The number of anilines is 2. The van der Waals surface area contributed by atoms with Crippen molar-refractivity contribution in [3.05, 3.63) is 59.4 Å². The number of fused-ring (bicyclic) bond motifs is 1. The Bertz CT molecular complexity index is 710. The van der Waals surface area contributed by atoms with Gasteiger partial charge in [0.05, 0.1) is 0 Å². The Morgan fingerprint density at radius 2 is 1.92 bits per heavy atom. The minimum absolute atomic E-state index is 0.157. The van der Waals surface area contributed by atoms with Gasteiger partial charge in [-0.25, -0.2) is 4.39 Å². The van der Waals surface area contributed by atoms with Crippen molar-refractivity contribution >= 4 is 11.4 Å². The van der Waals surface area contributed by atoms with Crippen LogP contribution < -0.4 is 15.5 Å². The highest BCUT2D eigenvalue weighted by Gasteiger charge is 2.23. The van der Waals surface area contributed by atoms with E-state index in [9.17, 15) is 4.39 Å². The lowest BCUT2D eigenvalue weighted by Crippen LogP contribution is -2.43. The first kappa shape index (κ1) is 15.5. The van der Waals surface area contributed by atoms with Crippen molar-refractivity contribution in [2.75, 3.05) is 29.9 Å². The summed E-state index contributed by atoms with van der Waals surface area (Å²) >= 11 is 0. The first-order valence-corrected chi connectivity index (χ1v) is 8.88. The van der Waals surface area contributed by atoms with Crippen LogP contribution in [0.5, 0.6) is 0 Å². The lowest BCUT2D eigenvalue weighted by atomic mass is 10.0. The van der Waals surface area contributed by atoms with E-state index < -0.39 is 0 Å². The molecule has 0 aliphatic carbocycles. The molecular formula is C20H24FN3. The fourth-order valence-corrected chi connectivity index (χ4v) is 3.85. The zero-order valence-corrected chi connectivity index (χ0v) is 13.9. The molecular weight excluding hydrogens is 301 g/mol. The van der Waals surface area contributed by atoms with Crippen LogP contribution in [0.1, 0.15) is 24.0 Å². The van der Waals surface area contributed by atoms with Crippen molar-refractivity contribution < 1.29 is 4.39 Å². The third-order valence-corrected chi connectivity index (χ3v) is 5.12. The van der Waals surface area contributed by atoms with Crippen LogP contribution in [0, 0.1) is 5.82 Å². The third kappa shape index (κ3) is 3.24. The second-order valence-corrected chi connectivity index (χ2v) is 6.76. The van der Waals surface area contributed by atoms with Crippen LogP contribution >= 0.6 is 0 Å². The van der Waals surface area contributed by atoms with Crippen molar-refractivity contribution in [3.8, 4) is 0 Å². The molecule has 2 aliphatic rings. The molecule has 24 heavy (non-hydrogen) atoms. The Labute approximate surface area is 142 Å². The first-order chi connectivity index (χ1) is 11.8. The number of rotatable bonds is 4. The molecule has 2 aliphatic heterocycles. The fourth-order valence-electron chi connectivity index (χ4n) is 3.85. The Morgan fingerprint density at radius 3 is 2.75 bits per heavy atom. The first-order valence-electron chi connectivity index (χ1n) is 8.88. The van der Waals surface area contributed by atoms with Gasteiger partial charge in [-0.15, -0.1) is 0 Å². The fraction of sp³-hybridized carbons (Fsp3) is 0.400. The van der Waals surface area contributed by atoms with Gasteiger partial charge in [0, 0.05) is 30.5 Å². The number of hydrogen-bond acceptors (Lipinski definition) is 3. The summed E-state index contributed by atoms with van der Waals surface area (Å²) < 4.78 is 13.6. The van der Waals surface area contributed by atoms with Gasteiger partial charge in [0.25, 0.3) is 0 Å². The summed E-state index contributed by atoms with van der Waals surface area (Å²) in [5.74, 6) is -0.157. The van der Waals surface area contributed by atoms with Gasteiger partial charge in [-0.3, -0.25) is 0 Å². The van der Waals surface area contributed by atoms with E-state index in [0.29, 0.717) is 6.04 Å². The number of halogens is 1. The van der Waals surface area contributed by atoms with E-state index in [1.807, 2.05) is 6.07 Å². The molecule has 1 saturated heterocycles. The average molecular weight is 325 g/mol. The molecule has 126 valence electrons. The van der Waals surface area contributed by atoms with Crippen molar-refractivity contribution in [2.45, 2.75) is 31.8 Å². The van der Waals surface area contributed by atoms with Gasteiger partial charge in [0.2, 0.25) is 0 Å². The maximum Gasteiger partial charge on any atom is 0.123 e. The summed E-state index contributed by atoms with van der Waals surface area (Å²) in [6, 6.07) is 14.2. The van der Waals surface area contributed by atoms with Crippen molar-refractivity contribution in [1.29, 1.82) is 0 Å². The molecule has 2 N–H and O–H groups in total. The molecule has 1 fully saturated rings. The van der Waals surface area contributed by atoms with Crippen LogP contribution in [0.2, 0.25) is 0 Å². The molecule has 0 spiro atoms. The second-order valence-electron chi connectivity index (χ2n) is 6.76. The Morgan fingerprint density at radius 1 is 1.04 bits per heavy atom. The van der Waals surface area contributed by atoms with Gasteiger partial charge in [0.1, 0.15) is 5.82 Å². The summed E-state index contributed by atoms with van der Waals surface area (Å²) in [7, 11) is 0. The highest BCUT2D eigenvalue weighted by molar-refractivity contribution is 5.63. The highest BCUT2D eigenvalue weighted by atomic mass is 19.1. The van der Waals surface area contributed by atoms with Crippen LogP contribution in [0.3, 0.4) is 0 Å². The lowest BCUT2D eigenvalue weighted by Gasteiger charge is -2.37. The van der Waals surface area contributed by atoms with E-state index in [2.05, 4.69) is 33.7 Å². The summed E-state index contributed by atoms with van der Waals surface area (Å²) in [5.41, 5.74) is 4.95. The van der Waals surface area contributed by atoms with Gasteiger partial charge in [-0.05, 0) is 73.8 Å². The molecule has 4 rings (SSSR count). The standard InChI is InChI=1S/C20H24FN3/c21-17-3-1-2-15(12-17)14-24(18-7-9-22-10-8-18)19-4-5-20-16(13-19)6-11-23-20/h1-5,12-13,18,22-23H,6-11,14H2. The van der Waals surface area contributed by atoms with Crippen LogP contribution in [0.4, 0.5) is 15.8 Å². The molecule has 0 amide bonds. The van der Waals surface area contributed by atoms with E-state index in [1.54, 1.807) is 12.1 Å². The molecule has 0 atom stereocenters. The molecule has 2 aromatic rings. The van der Waals surface area contributed by atoms with Gasteiger partial charge in [0.15, 0.2) is 0 Å². The SMILES string of the molecule is Fc1cccc(CN(c2ccc3c(c2)CCN3)C2CCNCC2)c1. The third-order valence-electron chi connectivity index (χ3n) is 5.12. The Kier molecular flexibility index (Phi) is 4.39. The molecule has 0 saturated carbocycles. The molecule has 0 aromatic heterocycles. The molecule has 2 aromatic carbocycles. The van der Waals surface area contributed by atoms with E-state index >= 15 is 0 Å². The van der Waals surface area contributed by atoms with E-state index in [4.69, 9.17) is 0 Å². The van der Waals surface area contributed by atoms with Crippen LogP contribution in [-0.4, -0.2) is 25.7 Å². The van der Waals surface area contributed by atoms with Crippen LogP contribution in [0.15, 0.2) is 42.5 Å². The van der Waals surface area contributed by atoms with Crippen molar-refractivity contribution in [1.82, 2.24) is 5.32 Å². The quantitative estimate of drug-likeness (QED) is 0.900. The maximum atomic E-state index is 13.6. The second kappa shape index (κ2) is 6.81. The molecule has 0 bridgehead atoms. The molecule has 3 nitrogen and oxygen atoms in total. The largest absolute Gasteiger partial charge is 0.384 e. The van der Waals surface area contributed by atoms with Crippen LogP contribution in [-0.2, 0) is 13.0 Å². The monoisotopic (exact) mass is 325 g/mol. The lowest BCUT2D eigenvalue weighted by molar-refractivity contribution is 0.428. The number of nitrogens with one attached hydrogen (secondary N) is 2. The van der Waals surface area contributed by atoms with Crippen molar-refractivity contribution in [3.63, 3.8) is 0 Å². The smallest absolute Gasteiger partial charge is 0.123 e. The zero-order chi connectivity index (χ0) is 16.4. The summed E-state index contributed by atoms with van der Waals surface area (Å²) in [4.78, 5) is 2.47. The minimum atomic E-state index is -0.157. The van der Waals surface area contributed by atoms with Crippen LogP contribution in [0.25, 0.3) is 0 Å². The van der Waals surface area contributed by atoms with Gasteiger partial charge >= 0.3 is 0 Å². The van der Waals surface area contributed by atoms with E-state index in [1.165, 1.54) is 23.0 Å². The number of hydrogen-bond donors (Lipinski definition) is 2. The zero-order valence-electron chi connectivity index (χ0n) is 13.9. The number of benzene rings is 2. The molecule has 0 unspecified atom stereocenters. The Balaban J connectivity index is 1.64. The number of nitrogens with zero attached hydrogens (tertiary/aromatic N) is 1. The highest BCUT2D eigenvalue weighted by Crippen LogP contribution is 2.31. The summed E-state index contributed by atoms with van der Waals surface area (Å²) in [5, 5.41) is 6.86. The molecule has 4 heteroatoms. The topological polar surface area (TPSA) is 27.3 Å². The number of piperidine rings is 1. The van der Waals surface area contributed by atoms with Crippen molar-refractivity contribution in [2.24, 2.45) is 0 Å². The van der Waals surface area contributed by atoms with E-state index in [-0.39, 0.29) is 5.82 Å². The predicted octanol–water partition coefficient (Wildman–Crippen LogP) is 3.55.